The molecule has 2 fully saturated rings. The predicted octanol–water partition coefficient (Wildman–Crippen LogP) is 5.35. The van der Waals surface area contributed by atoms with Crippen LogP contribution in [0.4, 0.5) is 20.3 Å². The van der Waals surface area contributed by atoms with E-state index >= 15 is 0 Å². The molecule has 0 spiro atoms. The van der Waals surface area contributed by atoms with Crippen molar-refractivity contribution < 1.29 is 32.3 Å². The molecule has 2 aliphatic rings. The van der Waals surface area contributed by atoms with Crippen LogP contribution in [0, 0.1) is 5.92 Å². The summed E-state index contributed by atoms with van der Waals surface area (Å²) in [5, 5.41) is 16.5. The molecule has 0 bridgehead atoms. The number of anilines is 2. The van der Waals surface area contributed by atoms with Crippen LogP contribution >= 0.6 is 0 Å². The Hall–Kier alpha value is -6.37. The molecule has 0 radical (unpaired) electrons. The largest absolute Gasteiger partial charge is 0.444 e. The summed E-state index contributed by atoms with van der Waals surface area (Å²) >= 11 is 0. The molecule has 0 saturated heterocycles. The number of carbonyl (C=O) groups excluding carboxylic acids is 3. The van der Waals surface area contributed by atoms with Crippen LogP contribution in [0.3, 0.4) is 0 Å². The van der Waals surface area contributed by atoms with E-state index in [2.05, 4.69) is 36.3 Å². The first-order valence-corrected chi connectivity index (χ1v) is 20.3. The SMILES string of the molecule is Cn1c(=O)n(C2CCC(=O)CC2=O)c2ccc(CNCCOCCNCc3ccc(-n4cc(NC(=O)c5coc(-c6ccnc(NCC7CC7)c6)n5)c(C(F)F)n4)cc3)cc21. The lowest BCUT2D eigenvalue weighted by molar-refractivity contribution is -0.132. The molecule has 1 unspecified atom stereocenters. The van der Waals surface area contributed by atoms with Gasteiger partial charge in [-0.2, -0.15) is 5.10 Å². The van der Waals surface area contributed by atoms with Gasteiger partial charge in [0, 0.05) is 58.0 Å². The lowest BCUT2D eigenvalue weighted by Crippen LogP contribution is -2.34. The average molecular weight is 837 g/mol. The lowest BCUT2D eigenvalue weighted by atomic mass is 9.93. The fourth-order valence-electron chi connectivity index (χ4n) is 7.28. The van der Waals surface area contributed by atoms with Gasteiger partial charge in [-0.25, -0.2) is 28.2 Å². The van der Waals surface area contributed by atoms with Gasteiger partial charge in [0.1, 0.15) is 17.9 Å². The van der Waals surface area contributed by atoms with Gasteiger partial charge in [0.05, 0.1) is 54.3 Å². The predicted molar refractivity (Wildman–Crippen MR) is 222 cm³/mol. The Labute approximate surface area is 348 Å². The van der Waals surface area contributed by atoms with Crippen molar-refractivity contribution in [2.45, 2.75) is 57.7 Å². The molecule has 4 heterocycles. The molecule has 318 valence electrons. The Morgan fingerprint density at radius 1 is 0.951 bits per heavy atom. The van der Waals surface area contributed by atoms with E-state index in [4.69, 9.17) is 9.15 Å². The molecule has 0 aliphatic heterocycles. The molecule has 2 aromatic carbocycles. The number of oxazole rings is 1. The maximum Gasteiger partial charge on any atom is 0.329 e. The van der Waals surface area contributed by atoms with Gasteiger partial charge in [-0.05, 0) is 72.7 Å². The third-order valence-electron chi connectivity index (χ3n) is 10.8. The Balaban J connectivity index is 0.760. The van der Waals surface area contributed by atoms with E-state index in [1.54, 1.807) is 42.1 Å². The Bertz CT molecular complexity index is 2590. The van der Waals surface area contributed by atoms with Crippen molar-refractivity contribution in [2.75, 3.05) is 43.5 Å². The van der Waals surface area contributed by atoms with E-state index in [-0.39, 0.29) is 40.9 Å². The van der Waals surface area contributed by atoms with Crippen molar-refractivity contribution in [3.63, 3.8) is 0 Å². The van der Waals surface area contributed by atoms with Crippen molar-refractivity contribution in [3.8, 4) is 17.1 Å². The Kier molecular flexibility index (Phi) is 12.5. The highest BCUT2D eigenvalue weighted by Gasteiger charge is 2.31. The summed E-state index contributed by atoms with van der Waals surface area (Å²) in [6, 6.07) is 15.8. The number of carbonyl (C=O) groups is 3. The second-order valence-corrected chi connectivity index (χ2v) is 15.3. The third-order valence-corrected chi connectivity index (χ3v) is 10.8. The molecular formula is C43H46F2N10O6. The molecule has 1 amide bonds. The van der Waals surface area contributed by atoms with E-state index in [1.165, 1.54) is 34.6 Å². The van der Waals surface area contributed by atoms with Gasteiger partial charge >= 0.3 is 5.69 Å². The van der Waals surface area contributed by atoms with Crippen molar-refractivity contribution in [1.82, 2.24) is 39.5 Å². The van der Waals surface area contributed by atoms with E-state index in [0.717, 1.165) is 23.2 Å². The highest BCUT2D eigenvalue weighted by atomic mass is 19.3. The van der Waals surface area contributed by atoms with Crippen LogP contribution in [0.25, 0.3) is 28.2 Å². The zero-order valence-electron chi connectivity index (χ0n) is 33.5. The van der Waals surface area contributed by atoms with Gasteiger partial charge in [0.2, 0.25) is 5.89 Å². The number of hydrogen-bond donors (Lipinski definition) is 4. The number of ketones is 2. The molecule has 1 atom stereocenters. The minimum atomic E-state index is -2.94. The number of halogens is 2. The lowest BCUT2D eigenvalue weighted by Gasteiger charge is -2.21. The molecule has 61 heavy (non-hydrogen) atoms. The molecule has 2 aliphatic carbocycles. The summed E-state index contributed by atoms with van der Waals surface area (Å²) in [6.45, 7) is 4.16. The number of aryl methyl sites for hydroxylation is 1. The highest BCUT2D eigenvalue weighted by Crippen LogP contribution is 2.31. The van der Waals surface area contributed by atoms with Gasteiger partial charge in [-0.1, -0.05) is 18.2 Å². The molecule has 4 aromatic heterocycles. The van der Waals surface area contributed by atoms with Crippen molar-refractivity contribution in [1.29, 1.82) is 0 Å². The topological polar surface area (TPSA) is 192 Å². The number of alkyl halides is 2. The third kappa shape index (κ3) is 9.82. The molecule has 6 aromatic rings. The zero-order chi connectivity index (χ0) is 42.5. The van der Waals surface area contributed by atoms with Gasteiger partial charge in [-0.15, -0.1) is 0 Å². The smallest absolute Gasteiger partial charge is 0.329 e. The van der Waals surface area contributed by atoms with Crippen LogP contribution < -0.4 is 27.0 Å². The number of nitrogens with zero attached hydrogens (tertiary/aromatic N) is 6. The summed E-state index contributed by atoms with van der Waals surface area (Å²) < 4.78 is 43.7. The van der Waals surface area contributed by atoms with Crippen LogP contribution in [0.1, 0.15) is 71.9 Å². The normalized spacial score (nSPS) is 15.6. The maximum absolute atomic E-state index is 14.0. The maximum atomic E-state index is 14.0. The number of imidazole rings is 1. The summed E-state index contributed by atoms with van der Waals surface area (Å²) in [6.07, 6.45) is 4.12. The van der Waals surface area contributed by atoms with Gasteiger partial charge in [0.25, 0.3) is 12.3 Å². The van der Waals surface area contributed by atoms with E-state index < -0.39 is 24.1 Å². The number of benzene rings is 2. The van der Waals surface area contributed by atoms with E-state index in [1.807, 2.05) is 30.3 Å². The standard InChI is InChI=1S/C43H46F2N10O6/c1-53-36-18-28(6-10-34(36)55(43(53)59)35-11-9-31(56)20-37(35)57)22-47-15-17-60-16-14-46-21-26-4-7-30(8-5-26)54-24-32(39(52-54)40(44)45)50-41(58)33-25-61-42(51-33)29-12-13-48-38(19-29)49-23-27-2-3-27/h4-8,10,12-13,18-19,24-25,27,35,40,46-47H,2-3,9,11,14-17,20-23H2,1H3,(H,48,49)(H,50,58). The molecule has 16 nitrogen and oxygen atoms in total. The molecule has 4 N–H and O–H groups in total. The Morgan fingerprint density at radius 2 is 1.70 bits per heavy atom. The average Bonchev–Trinajstić information content (AvgIpc) is 3.67. The first-order chi connectivity index (χ1) is 29.6. The number of rotatable bonds is 19. The number of amides is 1. The summed E-state index contributed by atoms with van der Waals surface area (Å²) in [5.74, 6) is 0.522. The van der Waals surface area contributed by atoms with Gasteiger partial charge in [-0.3, -0.25) is 23.5 Å². The number of pyridine rings is 1. The van der Waals surface area contributed by atoms with E-state index in [0.29, 0.717) is 80.7 Å². The number of ether oxygens (including phenoxy) is 1. The minimum absolute atomic E-state index is 0.0730. The van der Waals surface area contributed by atoms with Crippen molar-refractivity contribution >= 4 is 40.0 Å². The molecular weight excluding hydrogens is 791 g/mol. The van der Waals surface area contributed by atoms with Gasteiger partial charge in [0.15, 0.2) is 17.2 Å². The molecule has 8 rings (SSSR count). The number of Topliss-reactive ketones (excluding diaryl/α,β-unsaturated/α-hetero) is 2. The summed E-state index contributed by atoms with van der Waals surface area (Å²) in [4.78, 5) is 59.0. The van der Waals surface area contributed by atoms with Crippen molar-refractivity contribution in [3.05, 3.63) is 106 Å². The summed E-state index contributed by atoms with van der Waals surface area (Å²) in [7, 11) is 1.69. The van der Waals surface area contributed by atoms with Crippen LogP contribution in [-0.4, -0.2) is 79.2 Å². The highest BCUT2D eigenvalue weighted by molar-refractivity contribution is 6.04. The number of fused-ring (bicyclic) bond motifs is 1. The summed E-state index contributed by atoms with van der Waals surface area (Å²) in [5.41, 5.74) is 3.46. The molecule has 18 heteroatoms. The van der Waals surface area contributed by atoms with Crippen LogP contribution in [-0.2, 0) is 34.5 Å². The number of aromatic nitrogens is 6. The van der Waals surface area contributed by atoms with E-state index in [9.17, 15) is 28.0 Å². The second kappa shape index (κ2) is 18.5. The van der Waals surface area contributed by atoms with Crippen LogP contribution in [0.15, 0.2) is 82.5 Å². The second-order valence-electron chi connectivity index (χ2n) is 15.3. The monoisotopic (exact) mass is 836 g/mol. The number of hydrogen-bond acceptors (Lipinski definition) is 12. The first-order valence-electron chi connectivity index (χ1n) is 20.3. The van der Waals surface area contributed by atoms with Crippen LogP contribution in [0.2, 0.25) is 0 Å². The Morgan fingerprint density at radius 3 is 2.44 bits per heavy atom. The minimum Gasteiger partial charge on any atom is -0.444 e. The van der Waals surface area contributed by atoms with Crippen molar-refractivity contribution in [2.24, 2.45) is 13.0 Å². The van der Waals surface area contributed by atoms with Crippen LogP contribution in [0.5, 0.6) is 0 Å². The first kappa shape index (κ1) is 41.4. The zero-order valence-corrected chi connectivity index (χ0v) is 33.5. The fraction of sp³-hybridized carbons (Fsp3) is 0.372. The van der Waals surface area contributed by atoms with Gasteiger partial charge < -0.3 is 30.4 Å². The quantitative estimate of drug-likeness (QED) is 0.0606. The fourth-order valence-corrected chi connectivity index (χ4v) is 7.28. The number of nitrogens with one attached hydrogen (secondary N) is 4. The molecule has 2 saturated carbocycles.